The van der Waals surface area contributed by atoms with Gasteiger partial charge in [-0.25, -0.2) is 0 Å². The van der Waals surface area contributed by atoms with Gasteiger partial charge in [-0.2, -0.15) is 13.2 Å². The highest BCUT2D eigenvalue weighted by Crippen LogP contribution is 2.33. The number of aromatic nitrogens is 3. The van der Waals surface area contributed by atoms with Gasteiger partial charge in [-0.05, 0) is 18.2 Å². The number of piperazine rings is 1. The molecular formula is C21H21ClF3N5O2S. The van der Waals surface area contributed by atoms with Crippen LogP contribution in [-0.2, 0) is 11.0 Å². The van der Waals surface area contributed by atoms with Crippen molar-refractivity contribution >= 4 is 34.9 Å². The summed E-state index contributed by atoms with van der Waals surface area (Å²) in [6, 6.07) is 10.4. The van der Waals surface area contributed by atoms with Gasteiger partial charge < -0.3 is 9.64 Å². The predicted molar refractivity (Wildman–Crippen MR) is 119 cm³/mol. The van der Waals surface area contributed by atoms with Crippen molar-refractivity contribution in [1.82, 2.24) is 24.4 Å². The second-order valence-corrected chi connectivity index (χ2v) is 8.77. The zero-order chi connectivity index (χ0) is 23.4. The molecule has 1 aliphatic rings. The quantitative estimate of drug-likeness (QED) is 0.462. The number of amides is 1. The van der Waals surface area contributed by atoms with Crippen LogP contribution in [0.2, 0.25) is 5.02 Å². The molecule has 7 nitrogen and oxygen atoms in total. The number of ether oxygens (including phenoxy) is 1. The summed E-state index contributed by atoms with van der Waals surface area (Å²) < 4.78 is 46.2. The van der Waals surface area contributed by atoms with Crippen molar-refractivity contribution in [3.05, 3.63) is 53.2 Å². The molecular weight excluding hydrogens is 479 g/mol. The van der Waals surface area contributed by atoms with Crippen molar-refractivity contribution in [1.29, 1.82) is 0 Å². The third-order valence-electron chi connectivity index (χ3n) is 5.23. The number of thioether (sulfide) groups is 1. The van der Waals surface area contributed by atoms with Gasteiger partial charge in [0.2, 0.25) is 5.91 Å². The number of hydrogen-bond donors (Lipinski definition) is 0. The number of halogens is 4. The fraction of sp³-hybridized carbons (Fsp3) is 0.381. The van der Waals surface area contributed by atoms with E-state index >= 15 is 0 Å². The van der Waals surface area contributed by atoms with Gasteiger partial charge in [0.1, 0.15) is 12.4 Å². The lowest BCUT2D eigenvalue weighted by Gasteiger charge is -2.34. The molecule has 4 rings (SSSR count). The maximum Gasteiger partial charge on any atom is 0.417 e. The Morgan fingerprint density at radius 2 is 1.85 bits per heavy atom. The summed E-state index contributed by atoms with van der Waals surface area (Å²) in [6.07, 6.45) is -3.66. The van der Waals surface area contributed by atoms with Crippen molar-refractivity contribution in [2.24, 2.45) is 0 Å². The van der Waals surface area contributed by atoms with E-state index in [0.717, 1.165) is 49.4 Å². The van der Waals surface area contributed by atoms with Crippen LogP contribution in [-0.4, -0.2) is 75.4 Å². The van der Waals surface area contributed by atoms with Crippen LogP contribution in [0.4, 0.5) is 13.2 Å². The van der Waals surface area contributed by atoms with Crippen LogP contribution >= 0.6 is 23.4 Å². The molecule has 0 saturated carbocycles. The number of rotatable bonds is 7. The number of nitrogens with zero attached hydrogens (tertiary/aromatic N) is 5. The van der Waals surface area contributed by atoms with Crippen LogP contribution in [0.5, 0.6) is 5.75 Å². The third kappa shape index (κ3) is 5.90. The number of carbonyl (C=O) groups excluding carboxylic acids is 1. The average molecular weight is 500 g/mol. The standard InChI is InChI=1S/C21H21ClF3N5O2S/c22-17-12-15(21(23,24)25)13-30-19(17)26-27-20(30)33-14-18(31)29-8-6-28(7-9-29)10-11-32-16-4-2-1-3-5-16/h1-5,12-13H,6-11,14H2. The molecule has 0 aliphatic carbocycles. The van der Waals surface area contributed by atoms with Crippen LogP contribution in [0.15, 0.2) is 47.8 Å². The number of hydrogen-bond acceptors (Lipinski definition) is 6. The fourth-order valence-corrected chi connectivity index (χ4v) is 4.49. The monoisotopic (exact) mass is 499 g/mol. The van der Waals surface area contributed by atoms with Crippen LogP contribution in [0, 0.1) is 0 Å². The molecule has 3 aromatic rings. The molecule has 1 aliphatic heterocycles. The molecule has 2 aromatic heterocycles. The summed E-state index contributed by atoms with van der Waals surface area (Å²) in [7, 11) is 0. The maximum absolute atomic E-state index is 13.1. The molecule has 1 amide bonds. The van der Waals surface area contributed by atoms with Crippen LogP contribution in [0.1, 0.15) is 5.56 Å². The molecule has 1 saturated heterocycles. The second kappa shape index (κ2) is 10.2. The summed E-state index contributed by atoms with van der Waals surface area (Å²) in [4.78, 5) is 16.6. The van der Waals surface area contributed by atoms with Gasteiger partial charge in [-0.15, -0.1) is 10.2 Å². The largest absolute Gasteiger partial charge is 0.492 e. The van der Waals surface area contributed by atoms with Gasteiger partial charge in [0.05, 0.1) is 16.3 Å². The lowest BCUT2D eigenvalue weighted by Crippen LogP contribution is -2.50. The van der Waals surface area contributed by atoms with E-state index in [4.69, 9.17) is 16.3 Å². The Balaban J connectivity index is 1.27. The van der Waals surface area contributed by atoms with E-state index in [1.165, 1.54) is 4.40 Å². The number of alkyl halides is 3. The van der Waals surface area contributed by atoms with Crippen LogP contribution in [0.3, 0.4) is 0 Å². The maximum atomic E-state index is 13.1. The molecule has 176 valence electrons. The molecule has 0 unspecified atom stereocenters. The molecule has 3 heterocycles. The fourth-order valence-electron chi connectivity index (χ4n) is 3.43. The first kappa shape index (κ1) is 23.7. The Labute approximate surface area is 197 Å². The molecule has 1 fully saturated rings. The van der Waals surface area contributed by atoms with Crippen molar-refractivity contribution in [3.8, 4) is 5.75 Å². The van der Waals surface area contributed by atoms with E-state index in [0.29, 0.717) is 19.7 Å². The highest BCUT2D eigenvalue weighted by atomic mass is 35.5. The van der Waals surface area contributed by atoms with E-state index < -0.39 is 11.7 Å². The van der Waals surface area contributed by atoms with E-state index in [1.807, 2.05) is 30.3 Å². The molecule has 0 N–H and O–H groups in total. The van der Waals surface area contributed by atoms with Gasteiger partial charge >= 0.3 is 6.18 Å². The summed E-state index contributed by atoms with van der Waals surface area (Å²) in [6.45, 7) is 3.95. The number of para-hydroxylation sites is 1. The third-order valence-corrected chi connectivity index (χ3v) is 6.43. The normalized spacial score (nSPS) is 15.2. The molecule has 0 radical (unpaired) electrons. The van der Waals surface area contributed by atoms with E-state index in [9.17, 15) is 18.0 Å². The molecule has 33 heavy (non-hydrogen) atoms. The predicted octanol–water partition coefficient (Wildman–Crippen LogP) is 3.72. The first-order valence-electron chi connectivity index (χ1n) is 10.2. The van der Waals surface area contributed by atoms with E-state index in [-0.39, 0.29) is 27.5 Å². The minimum absolute atomic E-state index is 0.0474. The topological polar surface area (TPSA) is 63.0 Å². The zero-order valence-electron chi connectivity index (χ0n) is 17.5. The number of pyridine rings is 1. The number of carbonyl (C=O) groups is 1. The number of fused-ring (bicyclic) bond motifs is 1. The average Bonchev–Trinajstić information content (AvgIpc) is 3.22. The van der Waals surface area contributed by atoms with E-state index in [1.54, 1.807) is 4.90 Å². The molecule has 0 bridgehead atoms. The van der Waals surface area contributed by atoms with Crippen molar-refractivity contribution < 1.29 is 22.7 Å². The minimum Gasteiger partial charge on any atom is -0.492 e. The van der Waals surface area contributed by atoms with Gasteiger partial charge in [-0.1, -0.05) is 41.6 Å². The lowest BCUT2D eigenvalue weighted by atomic mass is 10.3. The Kier molecular flexibility index (Phi) is 7.30. The molecule has 0 atom stereocenters. The highest BCUT2D eigenvalue weighted by molar-refractivity contribution is 7.99. The summed E-state index contributed by atoms with van der Waals surface area (Å²) >= 11 is 6.97. The Morgan fingerprint density at radius 3 is 2.55 bits per heavy atom. The Hall–Kier alpha value is -2.50. The van der Waals surface area contributed by atoms with Gasteiger partial charge in [0.25, 0.3) is 0 Å². The smallest absolute Gasteiger partial charge is 0.417 e. The molecule has 12 heteroatoms. The Morgan fingerprint density at radius 1 is 1.12 bits per heavy atom. The zero-order valence-corrected chi connectivity index (χ0v) is 19.0. The summed E-state index contributed by atoms with van der Waals surface area (Å²) in [5.74, 6) is 0.772. The van der Waals surface area contributed by atoms with E-state index in [2.05, 4.69) is 15.1 Å². The first-order chi connectivity index (χ1) is 15.8. The summed E-state index contributed by atoms with van der Waals surface area (Å²) in [5, 5.41) is 7.77. The highest BCUT2D eigenvalue weighted by Gasteiger charge is 2.32. The lowest BCUT2D eigenvalue weighted by molar-refractivity contribution is -0.138. The van der Waals surface area contributed by atoms with Gasteiger partial charge in [0, 0.05) is 38.9 Å². The van der Waals surface area contributed by atoms with Crippen LogP contribution in [0.25, 0.3) is 5.65 Å². The second-order valence-electron chi connectivity index (χ2n) is 7.42. The SMILES string of the molecule is O=C(CSc1nnc2c(Cl)cc(C(F)(F)F)cn12)N1CCN(CCOc2ccccc2)CC1. The van der Waals surface area contributed by atoms with Crippen molar-refractivity contribution in [2.75, 3.05) is 45.1 Å². The molecule has 1 aromatic carbocycles. The molecule has 0 spiro atoms. The van der Waals surface area contributed by atoms with Gasteiger partial charge in [0.15, 0.2) is 10.8 Å². The number of benzene rings is 1. The van der Waals surface area contributed by atoms with Gasteiger partial charge in [-0.3, -0.25) is 14.1 Å². The Bertz CT molecular complexity index is 1100. The van der Waals surface area contributed by atoms with Crippen LogP contribution < -0.4 is 4.74 Å². The van der Waals surface area contributed by atoms with Crippen molar-refractivity contribution in [3.63, 3.8) is 0 Å². The van der Waals surface area contributed by atoms with Crippen molar-refractivity contribution in [2.45, 2.75) is 11.3 Å². The first-order valence-corrected chi connectivity index (χ1v) is 11.6. The summed E-state index contributed by atoms with van der Waals surface area (Å²) in [5.41, 5.74) is -0.786. The minimum atomic E-state index is -4.55.